The number of hydrogen-bond acceptors (Lipinski definition) is 2. The fraction of sp³-hybridized carbons (Fsp3) is 0.188. The van der Waals surface area contributed by atoms with Gasteiger partial charge in [0, 0.05) is 38.7 Å². The van der Waals surface area contributed by atoms with Gasteiger partial charge in [0.15, 0.2) is 0 Å². The van der Waals surface area contributed by atoms with Crippen LogP contribution in [0.4, 0.5) is 5.69 Å². The third-order valence-corrected chi connectivity index (χ3v) is 4.83. The Balaban J connectivity index is 1.81. The second-order valence-electron chi connectivity index (χ2n) is 4.69. The van der Waals surface area contributed by atoms with E-state index in [-0.39, 0.29) is 18.1 Å². The van der Waals surface area contributed by atoms with Crippen molar-refractivity contribution in [1.82, 2.24) is 0 Å². The lowest BCUT2D eigenvalue weighted by molar-refractivity contribution is -0.115. The second kappa shape index (κ2) is 8.32. The summed E-state index contributed by atoms with van der Waals surface area (Å²) in [6.07, 6.45) is 0.201. The standard InChI is InChI=1S/C16H15Cl2NO2S/c17-13-7-6-12(15(18)10-13)11-22(21)9-8-16(20)19-14-4-2-1-3-5-14/h1-7,10H,8-9,11H2,(H,19,20)/t22-/m0/s1. The van der Waals surface area contributed by atoms with Crippen LogP contribution in [0, 0.1) is 0 Å². The van der Waals surface area contributed by atoms with Gasteiger partial charge in [-0.1, -0.05) is 47.5 Å². The minimum atomic E-state index is -1.15. The van der Waals surface area contributed by atoms with Crippen LogP contribution in [-0.2, 0) is 21.3 Å². The van der Waals surface area contributed by atoms with Crippen LogP contribution in [0.25, 0.3) is 0 Å². The van der Waals surface area contributed by atoms with Crippen molar-refractivity contribution in [1.29, 1.82) is 0 Å². The summed E-state index contributed by atoms with van der Waals surface area (Å²) in [4.78, 5) is 11.8. The molecule has 0 unspecified atom stereocenters. The van der Waals surface area contributed by atoms with Gasteiger partial charge in [-0.15, -0.1) is 0 Å². The maximum atomic E-state index is 12.0. The number of para-hydroxylation sites is 1. The minimum absolute atomic E-state index is 0.151. The molecule has 116 valence electrons. The van der Waals surface area contributed by atoms with Crippen molar-refractivity contribution in [3.63, 3.8) is 0 Å². The van der Waals surface area contributed by atoms with Crippen LogP contribution in [0.15, 0.2) is 48.5 Å². The molecule has 2 aromatic carbocycles. The average Bonchev–Trinajstić information content (AvgIpc) is 2.49. The van der Waals surface area contributed by atoms with E-state index in [9.17, 15) is 9.00 Å². The molecule has 0 aliphatic rings. The van der Waals surface area contributed by atoms with Gasteiger partial charge in [-0.25, -0.2) is 0 Å². The first-order chi connectivity index (χ1) is 10.5. The van der Waals surface area contributed by atoms with Crippen LogP contribution in [0.3, 0.4) is 0 Å². The molecule has 0 bridgehead atoms. The Morgan fingerprint density at radius 3 is 2.50 bits per heavy atom. The van der Waals surface area contributed by atoms with Crippen LogP contribution in [0.2, 0.25) is 10.0 Å². The molecule has 3 nitrogen and oxygen atoms in total. The first kappa shape index (κ1) is 17.0. The molecular formula is C16H15Cl2NO2S. The Morgan fingerprint density at radius 1 is 1.09 bits per heavy atom. The van der Waals surface area contributed by atoms with E-state index >= 15 is 0 Å². The summed E-state index contributed by atoms with van der Waals surface area (Å²) in [7, 11) is -1.15. The zero-order valence-electron chi connectivity index (χ0n) is 11.7. The molecule has 0 aliphatic carbocycles. The molecule has 0 spiro atoms. The molecule has 0 saturated carbocycles. The number of halogens is 2. The smallest absolute Gasteiger partial charge is 0.225 e. The Bertz CT molecular complexity index is 677. The maximum absolute atomic E-state index is 12.0. The van der Waals surface area contributed by atoms with Crippen molar-refractivity contribution < 1.29 is 9.00 Å². The van der Waals surface area contributed by atoms with Gasteiger partial charge < -0.3 is 5.32 Å². The Hall–Kier alpha value is -1.36. The van der Waals surface area contributed by atoms with Crippen LogP contribution >= 0.6 is 23.2 Å². The van der Waals surface area contributed by atoms with E-state index in [0.717, 1.165) is 11.3 Å². The summed E-state index contributed by atoms with van der Waals surface area (Å²) >= 11 is 11.9. The molecule has 22 heavy (non-hydrogen) atoms. The molecule has 6 heteroatoms. The fourth-order valence-corrected chi connectivity index (χ4v) is 3.55. The molecule has 0 saturated heterocycles. The molecule has 0 aliphatic heterocycles. The van der Waals surface area contributed by atoms with Gasteiger partial charge in [0.1, 0.15) is 0 Å². The van der Waals surface area contributed by atoms with Crippen LogP contribution in [0.1, 0.15) is 12.0 Å². The number of amides is 1. The number of rotatable bonds is 6. The number of hydrogen-bond donors (Lipinski definition) is 1. The highest BCUT2D eigenvalue weighted by Crippen LogP contribution is 2.22. The Morgan fingerprint density at radius 2 is 1.82 bits per heavy atom. The molecular weight excluding hydrogens is 341 g/mol. The summed E-state index contributed by atoms with van der Waals surface area (Å²) < 4.78 is 12.0. The van der Waals surface area contributed by atoms with Crippen molar-refractivity contribution >= 4 is 45.6 Å². The van der Waals surface area contributed by atoms with Gasteiger partial charge in [0.05, 0.1) is 5.75 Å². The Labute approximate surface area is 142 Å². The van der Waals surface area contributed by atoms with E-state index in [1.807, 2.05) is 30.3 Å². The first-order valence-corrected chi connectivity index (χ1v) is 8.93. The number of benzene rings is 2. The van der Waals surface area contributed by atoms with Gasteiger partial charge in [-0.3, -0.25) is 9.00 Å². The zero-order chi connectivity index (χ0) is 15.9. The van der Waals surface area contributed by atoms with Gasteiger partial charge in [0.2, 0.25) is 5.91 Å². The van der Waals surface area contributed by atoms with E-state index in [1.165, 1.54) is 0 Å². The summed E-state index contributed by atoms with van der Waals surface area (Å²) in [6.45, 7) is 0. The van der Waals surface area contributed by atoms with Crippen LogP contribution in [0.5, 0.6) is 0 Å². The van der Waals surface area contributed by atoms with Gasteiger partial charge in [-0.2, -0.15) is 0 Å². The number of carbonyl (C=O) groups is 1. The molecule has 0 fully saturated rings. The zero-order valence-corrected chi connectivity index (χ0v) is 14.0. The monoisotopic (exact) mass is 355 g/mol. The van der Waals surface area contributed by atoms with E-state index in [4.69, 9.17) is 23.2 Å². The predicted octanol–water partition coefficient (Wildman–Crippen LogP) is 4.27. The number of anilines is 1. The normalized spacial score (nSPS) is 11.9. The van der Waals surface area contributed by atoms with Gasteiger partial charge in [-0.05, 0) is 29.8 Å². The van der Waals surface area contributed by atoms with E-state index < -0.39 is 10.8 Å². The SMILES string of the molecule is O=C(CC[S@](=O)Cc1ccc(Cl)cc1Cl)Nc1ccccc1. The van der Waals surface area contributed by atoms with Crippen molar-refractivity contribution in [2.75, 3.05) is 11.1 Å². The van der Waals surface area contributed by atoms with Crippen molar-refractivity contribution in [2.45, 2.75) is 12.2 Å². The third-order valence-electron chi connectivity index (χ3n) is 2.95. The quantitative estimate of drug-likeness (QED) is 0.840. The van der Waals surface area contributed by atoms with Gasteiger partial charge in [0.25, 0.3) is 0 Å². The second-order valence-corrected chi connectivity index (χ2v) is 7.11. The lowest BCUT2D eigenvalue weighted by Crippen LogP contribution is -2.15. The molecule has 0 radical (unpaired) electrons. The Kier molecular flexibility index (Phi) is 6.43. The maximum Gasteiger partial charge on any atom is 0.225 e. The molecule has 1 amide bonds. The third kappa shape index (κ3) is 5.44. The average molecular weight is 356 g/mol. The number of nitrogens with one attached hydrogen (secondary N) is 1. The van der Waals surface area contributed by atoms with E-state index in [0.29, 0.717) is 15.8 Å². The van der Waals surface area contributed by atoms with Gasteiger partial charge >= 0.3 is 0 Å². The largest absolute Gasteiger partial charge is 0.326 e. The van der Waals surface area contributed by atoms with E-state index in [2.05, 4.69) is 5.32 Å². The summed E-state index contributed by atoms with van der Waals surface area (Å²) in [5, 5.41) is 3.80. The molecule has 1 N–H and O–H groups in total. The topological polar surface area (TPSA) is 46.2 Å². The summed E-state index contributed by atoms with van der Waals surface area (Å²) in [6, 6.07) is 14.3. The van der Waals surface area contributed by atoms with Crippen LogP contribution in [-0.4, -0.2) is 15.9 Å². The molecule has 1 atom stereocenters. The first-order valence-electron chi connectivity index (χ1n) is 6.68. The van der Waals surface area contributed by atoms with Crippen molar-refractivity contribution in [3.8, 4) is 0 Å². The molecule has 2 aromatic rings. The molecule has 0 heterocycles. The molecule has 2 rings (SSSR count). The summed E-state index contributed by atoms with van der Waals surface area (Å²) in [5.74, 6) is 0.452. The lowest BCUT2D eigenvalue weighted by atomic mass is 10.2. The minimum Gasteiger partial charge on any atom is -0.326 e. The highest BCUT2D eigenvalue weighted by molar-refractivity contribution is 7.84. The van der Waals surface area contributed by atoms with Crippen molar-refractivity contribution in [2.24, 2.45) is 0 Å². The predicted molar refractivity (Wildman–Crippen MR) is 92.9 cm³/mol. The van der Waals surface area contributed by atoms with Crippen LogP contribution < -0.4 is 5.32 Å². The highest BCUT2D eigenvalue weighted by atomic mass is 35.5. The molecule has 0 aromatic heterocycles. The van der Waals surface area contributed by atoms with E-state index in [1.54, 1.807) is 18.2 Å². The lowest BCUT2D eigenvalue weighted by Gasteiger charge is -2.06. The van der Waals surface area contributed by atoms with Crippen molar-refractivity contribution in [3.05, 3.63) is 64.1 Å². The number of carbonyl (C=O) groups excluding carboxylic acids is 1. The summed E-state index contributed by atoms with van der Waals surface area (Å²) in [5.41, 5.74) is 1.51. The fourth-order valence-electron chi connectivity index (χ4n) is 1.84. The highest BCUT2D eigenvalue weighted by Gasteiger charge is 2.09.